The quantitative estimate of drug-likeness (QED) is 0.690. The van der Waals surface area contributed by atoms with Gasteiger partial charge in [0.05, 0.1) is 5.69 Å². The number of rotatable bonds is 1. The molecule has 0 spiro atoms. The second-order valence-electron chi connectivity index (χ2n) is 4.18. The van der Waals surface area contributed by atoms with E-state index in [0.29, 0.717) is 0 Å². The molecule has 4 nitrogen and oxygen atoms in total. The van der Waals surface area contributed by atoms with Crippen molar-refractivity contribution in [1.29, 1.82) is 0 Å². The summed E-state index contributed by atoms with van der Waals surface area (Å²) in [6, 6.07) is 5.76. The molecule has 0 fully saturated rings. The molecule has 0 aliphatic heterocycles. The molecule has 0 bridgehead atoms. The SMILES string of the molecule is Cc1ccc(-n2ccn(C)c(=O)c2=O)c(C)c1. The smallest absolute Gasteiger partial charge is 0.312 e. The van der Waals surface area contributed by atoms with Gasteiger partial charge < -0.3 is 4.57 Å². The van der Waals surface area contributed by atoms with Crippen LogP contribution in [0.15, 0.2) is 40.2 Å². The van der Waals surface area contributed by atoms with E-state index in [4.69, 9.17) is 0 Å². The van der Waals surface area contributed by atoms with Gasteiger partial charge in [0.15, 0.2) is 0 Å². The van der Waals surface area contributed by atoms with Crippen LogP contribution in [-0.4, -0.2) is 9.13 Å². The highest BCUT2D eigenvalue weighted by Gasteiger charge is 2.06. The first-order valence-electron chi connectivity index (χ1n) is 5.36. The van der Waals surface area contributed by atoms with Crippen LogP contribution < -0.4 is 11.1 Å². The minimum absolute atomic E-state index is 0.521. The lowest BCUT2D eigenvalue weighted by Gasteiger charge is -2.09. The molecule has 0 aliphatic carbocycles. The zero-order valence-corrected chi connectivity index (χ0v) is 10.1. The standard InChI is InChI=1S/C13H14N2O2/c1-9-4-5-11(10(2)8-9)15-7-6-14(3)12(16)13(15)17/h4-8H,1-3H3. The molecular weight excluding hydrogens is 216 g/mol. The minimum Gasteiger partial charge on any atom is -0.312 e. The van der Waals surface area contributed by atoms with E-state index in [0.717, 1.165) is 16.8 Å². The van der Waals surface area contributed by atoms with Crippen LogP contribution in [0.4, 0.5) is 0 Å². The Balaban J connectivity index is 2.74. The van der Waals surface area contributed by atoms with E-state index in [2.05, 4.69) is 0 Å². The minimum atomic E-state index is -0.526. The average Bonchev–Trinajstić information content (AvgIpc) is 2.28. The summed E-state index contributed by atoms with van der Waals surface area (Å²) >= 11 is 0. The van der Waals surface area contributed by atoms with Crippen LogP contribution in [0.2, 0.25) is 0 Å². The molecule has 0 radical (unpaired) electrons. The lowest BCUT2D eigenvalue weighted by molar-refractivity contribution is 0.785. The van der Waals surface area contributed by atoms with Crippen LogP contribution in [0.25, 0.3) is 5.69 Å². The molecule has 0 amide bonds. The maximum absolute atomic E-state index is 11.9. The molecule has 0 aliphatic rings. The summed E-state index contributed by atoms with van der Waals surface area (Å²) in [6.45, 7) is 3.91. The van der Waals surface area contributed by atoms with E-state index in [-0.39, 0.29) is 0 Å². The largest absolute Gasteiger partial charge is 0.320 e. The van der Waals surface area contributed by atoms with Gasteiger partial charge in [-0.05, 0) is 25.5 Å². The number of hydrogen-bond acceptors (Lipinski definition) is 2. The molecule has 0 unspecified atom stereocenters. The maximum Gasteiger partial charge on any atom is 0.320 e. The molecule has 1 aromatic carbocycles. The molecule has 4 heteroatoms. The normalized spacial score (nSPS) is 10.5. The van der Waals surface area contributed by atoms with E-state index >= 15 is 0 Å². The fourth-order valence-corrected chi connectivity index (χ4v) is 1.82. The average molecular weight is 230 g/mol. The molecular formula is C13H14N2O2. The van der Waals surface area contributed by atoms with E-state index in [9.17, 15) is 9.59 Å². The van der Waals surface area contributed by atoms with Crippen LogP contribution in [0, 0.1) is 13.8 Å². The van der Waals surface area contributed by atoms with Gasteiger partial charge in [0, 0.05) is 19.4 Å². The maximum atomic E-state index is 11.9. The van der Waals surface area contributed by atoms with Gasteiger partial charge in [0.25, 0.3) is 0 Å². The summed E-state index contributed by atoms with van der Waals surface area (Å²) in [5, 5.41) is 0. The third-order valence-electron chi connectivity index (χ3n) is 2.77. The van der Waals surface area contributed by atoms with Crippen LogP contribution in [-0.2, 0) is 7.05 Å². The van der Waals surface area contributed by atoms with Crippen molar-refractivity contribution in [2.75, 3.05) is 0 Å². The van der Waals surface area contributed by atoms with Crippen molar-refractivity contribution in [2.24, 2.45) is 7.05 Å². The number of nitrogens with zero attached hydrogens (tertiary/aromatic N) is 2. The summed E-state index contributed by atoms with van der Waals surface area (Å²) in [5.74, 6) is 0. The predicted octanol–water partition coefficient (Wildman–Crippen LogP) is 1.15. The lowest BCUT2D eigenvalue weighted by Crippen LogP contribution is -2.38. The Morgan fingerprint density at radius 1 is 1.00 bits per heavy atom. The Kier molecular flexibility index (Phi) is 2.71. The third kappa shape index (κ3) is 1.93. The molecule has 17 heavy (non-hydrogen) atoms. The third-order valence-corrected chi connectivity index (χ3v) is 2.77. The second-order valence-corrected chi connectivity index (χ2v) is 4.18. The molecule has 0 saturated carbocycles. The Bertz CT molecular complexity index is 681. The first-order valence-corrected chi connectivity index (χ1v) is 5.36. The Labute approximate surface area is 98.8 Å². The van der Waals surface area contributed by atoms with Gasteiger partial charge in [-0.3, -0.25) is 14.2 Å². The highest BCUT2D eigenvalue weighted by Crippen LogP contribution is 2.13. The fourth-order valence-electron chi connectivity index (χ4n) is 1.82. The van der Waals surface area contributed by atoms with Crippen molar-refractivity contribution in [3.05, 3.63) is 62.4 Å². The van der Waals surface area contributed by atoms with Gasteiger partial charge in [-0.15, -0.1) is 0 Å². The van der Waals surface area contributed by atoms with Crippen molar-refractivity contribution < 1.29 is 0 Å². The highest BCUT2D eigenvalue weighted by molar-refractivity contribution is 5.42. The van der Waals surface area contributed by atoms with Crippen molar-refractivity contribution in [3.8, 4) is 5.69 Å². The summed E-state index contributed by atoms with van der Waals surface area (Å²) in [7, 11) is 1.57. The van der Waals surface area contributed by atoms with Crippen LogP contribution in [0.3, 0.4) is 0 Å². The monoisotopic (exact) mass is 230 g/mol. The van der Waals surface area contributed by atoms with E-state index in [1.54, 1.807) is 19.4 Å². The second kappa shape index (κ2) is 4.05. The lowest BCUT2D eigenvalue weighted by atomic mass is 10.1. The van der Waals surface area contributed by atoms with Crippen LogP contribution in [0.5, 0.6) is 0 Å². The molecule has 2 rings (SSSR count). The molecule has 88 valence electrons. The summed E-state index contributed by atoms with van der Waals surface area (Å²) in [6.07, 6.45) is 3.20. The molecule has 1 heterocycles. The fraction of sp³-hybridized carbons (Fsp3) is 0.231. The molecule has 1 aromatic heterocycles. The number of aromatic nitrogens is 2. The Hall–Kier alpha value is -2.10. The highest BCUT2D eigenvalue weighted by atomic mass is 16.2. The van der Waals surface area contributed by atoms with Crippen LogP contribution >= 0.6 is 0 Å². The predicted molar refractivity (Wildman–Crippen MR) is 66.8 cm³/mol. The molecule has 0 saturated heterocycles. The Morgan fingerprint density at radius 3 is 2.35 bits per heavy atom. The first-order chi connectivity index (χ1) is 8.00. The van der Waals surface area contributed by atoms with Crippen molar-refractivity contribution in [2.45, 2.75) is 13.8 Å². The molecule has 0 atom stereocenters. The Morgan fingerprint density at radius 2 is 1.71 bits per heavy atom. The number of benzene rings is 1. The van der Waals surface area contributed by atoms with Gasteiger partial charge in [0.2, 0.25) is 0 Å². The zero-order chi connectivity index (χ0) is 12.6. The van der Waals surface area contributed by atoms with E-state index < -0.39 is 11.1 Å². The van der Waals surface area contributed by atoms with Gasteiger partial charge in [-0.25, -0.2) is 0 Å². The van der Waals surface area contributed by atoms with Gasteiger partial charge >= 0.3 is 11.1 Å². The first kappa shape index (κ1) is 11.4. The number of hydrogen-bond donors (Lipinski definition) is 0. The summed E-state index contributed by atoms with van der Waals surface area (Å²) < 4.78 is 2.67. The zero-order valence-electron chi connectivity index (χ0n) is 10.1. The van der Waals surface area contributed by atoms with E-state index in [1.165, 1.54) is 9.13 Å². The topological polar surface area (TPSA) is 44.0 Å². The number of aryl methyl sites for hydroxylation is 3. The summed E-state index contributed by atoms with van der Waals surface area (Å²) in [5.41, 5.74) is 1.80. The molecule has 0 N–H and O–H groups in total. The van der Waals surface area contributed by atoms with Gasteiger partial charge in [-0.1, -0.05) is 17.7 Å². The molecule has 2 aromatic rings. The van der Waals surface area contributed by atoms with Gasteiger partial charge in [0.1, 0.15) is 0 Å². The van der Waals surface area contributed by atoms with Crippen molar-refractivity contribution in [3.63, 3.8) is 0 Å². The van der Waals surface area contributed by atoms with Crippen LogP contribution in [0.1, 0.15) is 11.1 Å². The van der Waals surface area contributed by atoms with Crippen molar-refractivity contribution >= 4 is 0 Å². The van der Waals surface area contributed by atoms with E-state index in [1.807, 2.05) is 32.0 Å². The van der Waals surface area contributed by atoms with Gasteiger partial charge in [-0.2, -0.15) is 0 Å². The van der Waals surface area contributed by atoms with Crippen molar-refractivity contribution in [1.82, 2.24) is 9.13 Å². The summed E-state index contributed by atoms with van der Waals surface area (Å²) in [4.78, 5) is 23.4.